The lowest BCUT2D eigenvalue weighted by atomic mass is 10.2. The first kappa shape index (κ1) is 14.7. The van der Waals surface area contributed by atoms with Crippen molar-refractivity contribution in [1.82, 2.24) is 4.90 Å². The molecular formula is C16H19N3O2. The topological polar surface area (TPSA) is 67.6 Å². The number of rotatable bonds is 4. The number of carbonyl (C=O) groups is 1. The standard InChI is InChI=1S/C16H19N3O2/c1-19(11-12-6-8-15(21-2)9-7-12)16(20)18-14-5-3-4-13(17)10-14/h3-10H,11,17H2,1-2H3,(H,18,20). The summed E-state index contributed by atoms with van der Waals surface area (Å²) in [7, 11) is 3.37. The minimum atomic E-state index is -0.184. The number of ether oxygens (including phenoxy) is 1. The van der Waals surface area contributed by atoms with Crippen LogP contribution < -0.4 is 15.8 Å². The molecule has 2 rings (SSSR count). The molecule has 110 valence electrons. The summed E-state index contributed by atoms with van der Waals surface area (Å²) in [6.45, 7) is 0.512. The second kappa shape index (κ2) is 6.65. The number of hydrogen-bond donors (Lipinski definition) is 2. The summed E-state index contributed by atoms with van der Waals surface area (Å²) in [5.74, 6) is 0.797. The molecule has 0 saturated heterocycles. The minimum absolute atomic E-state index is 0.184. The first-order valence-electron chi connectivity index (χ1n) is 6.59. The molecule has 0 aliphatic carbocycles. The maximum Gasteiger partial charge on any atom is 0.321 e. The zero-order chi connectivity index (χ0) is 15.2. The van der Waals surface area contributed by atoms with Crippen molar-refractivity contribution in [3.05, 3.63) is 54.1 Å². The predicted molar refractivity (Wildman–Crippen MR) is 84.3 cm³/mol. The Morgan fingerprint density at radius 1 is 1.24 bits per heavy atom. The van der Waals surface area contributed by atoms with Gasteiger partial charge >= 0.3 is 6.03 Å². The van der Waals surface area contributed by atoms with Crippen LogP contribution in [0, 0.1) is 0 Å². The van der Waals surface area contributed by atoms with Gasteiger partial charge in [0.25, 0.3) is 0 Å². The van der Waals surface area contributed by atoms with Gasteiger partial charge in [-0.15, -0.1) is 0 Å². The Hall–Kier alpha value is -2.69. The molecule has 0 bridgehead atoms. The van der Waals surface area contributed by atoms with E-state index in [1.807, 2.05) is 24.3 Å². The van der Waals surface area contributed by atoms with Gasteiger partial charge in [0.2, 0.25) is 0 Å². The van der Waals surface area contributed by atoms with Gasteiger partial charge in [0.15, 0.2) is 0 Å². The van der Waals surface area contributed by atoms with E-state index in [2.05, 4.69) is 5.32 Å². The van der Waals surface area contributed by atoms with Crippen LogP contribution in [0.4, 0.5) is 16.2 Å². The maximum atomic E-state index is 12.1. The summed E-state index contributed by atoms with van der Waals surface area (Å²) >= 11 is 0. The quantitative estimate of drug-likeness (QED) is 0.849. The molecule has 0 spiro atoms. The van der Waals surface area contributed by atoms with E-state index in [9.17, 15) is 4.79 Å². The lowest BCUT2D eigenvalue weighted by Crippen LogP contribution is -2.30. The van der Waals surface area contributed by atoms with E-state index in [4.69, 9.17) is 10.5 Å². The van der Waals surface area contributed by atoms with Gasteiger partial charge in [-0.2, -0.15) is 0 Å². The maximum absolute atomic E-state index is 12.1. The average Bonchev–Trinajstić information content (AvgIpc) is 2.48. The molecule has 0 atom stereocenters. The fourth-order valence-corrected chi connectivity index (χ4v) is 1.91. The molecule has 0 fully saturated rings. The number of nitrogen functional groups attached to an aromatic ring is 1. The molecule has 0 aliphatic rings. The summed E-state index contributed by atoms with van der Waals surface area (Å²) in [6.07, 6.45) is 0. The molecular weight excluding hydrogens is 266 g/mol. The molecule has 3 N–H and O–H groups in total. The van der Waals surface area contributed by atoms with E-state index in [0.29, 0.717) is 17.9 Å². The van der Waals surface area contributed by atoms with Crippen LogP contribution in [0.25, 0.3) is 0 Å². The number of nitrogens with one attached hydrogen (secondary N) is 1. The molecule has 0 radical (unpaired) electrons. The zero-order valence-corrected chi connectivity index (χ0v) is 12.2. The Labute approximate surface area is 124 Å². The largest absolute Gasteiger partial charge is 0.497 e. The molecule has 0 unspecified atom stereocenters. The third kappa shape index (κ3) is 4.14. The highest BCUT2D eigenvalue weighted by Gasteiger charge is 2.09. The Bertz CT molecular complexity index is 611. The van der Waals surface area contributed by atoms with Gasteiger partial charge in [0.1, 0.15) is 5.75 Å². The molecule has 0 heterocycles. The first-order chi connectivity index (χ1) is 10.1. The number of carbonyl (C=O) groups excluding carboxylic acids is 1. The van der Waals surface area contributed by atoms with Gasteiger partial charge in [0.05, 0.1) is 7.11 Å². The average molecular weight is 285 g/mol. The minimum Gasteiger partial charge on any atom is -0.497 e. The molecule has 21 heavy (non-hydrogen) atoms. The van der Waals surface area contributed by atoms with Crippen LogP contribution in [0.2, 0.25) is 0 Å². The van der Waals surface area contributed by atoms with Crippen LogP contribution in [0.15, 0.2) is 48.5 Å². The lowest BCUT2D eigenvalue weighted by molar-refractivity contribution is 0.220. The van der Waals surface area contributed by atoms with Gasteiger partial charge < -0.3 is 20.7 Å². The van der Waals surface area contributed by atoms with Gasteiger partial charge in [-0.3, -0.25) is 0 Å². The number of nitrogens with zero attached hydrogens (tertiary/aromatic N) is 1. The van der Waals surface area contributed by atoms with E-state index in [-0.39, 0.29) is 6.03 Å². The smallest absolute Gasteiger partial charge is 0.321 e. The first-order valence-corrected chi connectivity index (χ1v) is 6.59. The number of urea groups is 1. The van der Waals surface area contributed by atoms with Crippen molar-refractivity contribution in [2.45, 2.75) is 6.54 Å². The number of hydrogen-bond acceptors (Lipinski definition) is 3. The highest BCUT2D eigenvalue weighted by Crippen LogP contribution is 2.15. The van der Waals surface area contributed by atoms with Gasteiger partial charge in [-0.25, -0.2) is 4.79 Å². The van der Waals surface area contributed by atoms with Gasteiger partial charge in [-0.1, -0.05) is 18.2 Å². The number of nitrogens with two attached hydrogens (primary N) is 1. The Kier molecular flexibility index (Phi) is 4.66. The Morgan fingerprint density at radius 3 is 2.57 bits per heavy atom. The van der Waals surface area contributed by atoms with E-state index in [1.165, 1.54) is 0 Å². The summed E-state index contributed by atoms with van der Waals surface area (Å²) in [5.41, 5.74) is 8.01. The number of amides is 2. The van der Waals surface area contributed by atoms with Crippen molar-refractivity contribution < 1.29 is 9.53 Å². The van der Waals surface area contributed by atoms with Crippen LogP contribution in [0.5, 0.6) is 5.75 Å². The van der Waals surface area contributed by atoms with E-state index >= 15 is 0 Å². The van der Waals surface area contributed by atoms with Crippen LogP contribution in [0.3, 0.4) is 0 Å². The lowest BCUT2D eigenvalue weighted by Gasteiger charge is -2.18. The van der Waals surface area contributed by atoms with Crippen molar-refractivity contribution in [3.63, 3.8) is 0 Å². The monoisotopic (exact) mass is 285 g/mol. The van der Waals surface area contributed by atoms with Crippen LogP contribution >= 0.6 is 0 Å². The van der Waals surface area contributed by atoms with Crippen molar-refractivity contribution in [1.29, 1.82) is 0 Å². The summed E-state index contributed by atoms with van der Waals surface area (Å²) in [4.78, 5) is 13.7. The molecule has 0 aliphatic heterocycles. The zero-order valence-electron chi connectivity index (χ0n) is 12.2. The fraction of sp³-hybridized carbons (Fsp3) is 0.188. The van der Waals surface area contributed by atoms with Crippen LogP contribution in [-0.4, -0.2) is 25.1 Å². The summed E-state index contributed by atoms with van der Waals surface area (Å²) < 4.78 is 5.11. The predicted octanol–water partition coefficient (Wildman–Crippen LogP) is 2.94. The molecule has 2 amide bonds. The second-order valence-electron chi connectivity index (χ2n) is 4.76. The molecule has 0 saturated carbocycles. The van der Waals surface area contributed by atoms with Crippen LogP contribution in [0.1, 0.15) is 5.56 Å². The third-order valence-electron chi connectivity index (χ3n) is 3.06. The Morgan fingerprint density at radius 2 is 1.95 bits per heavy atom. The number of benzene rings is 2. The molecule has 2 aromatic carbocycles. The highest BCUT2D eigenvalue weighted by molar-refractivity contribution is 5.89. The van der Waals surface area contributed by atoms with Crippen molar-refractivity contribution in [2.75, 3.05) is 25.2 Å². The second-order valence-corrected chi connectivity index (χ2v) is 4.76. The Balaban J connectivity index is 1.95. The molecule has 5 nitrogen and oxygen atoms in total. The SMILES string of the molecule is COc1ccc(CN(C)C(=O)Nc2cccc(N)c2)cc1. The van der Waals surface area contributed by atoms with Gasteiger partial charge in [-0.05, 0) is 35.9 Å². The van der Waals surface area contributed by atoms with Crippen LogP contribution in [-0.2, 0) is 6.54 Å². The summed E-state index contributed by atoms with van der Waals surface area (Å²) in [5, 5.41) is 2.81. The van der Waals surface area contributed by atoms with Gasteiger partial charge in [0, 0.05) is 25.0 Å². The van der Waals surface area contributed by atoms with E-state index in [0.717, 1.165) is 11.3 Å². The van der Waals surface area contributed by atoms with Crippen molar-refractivity contribution in [3.8, 4) is 5.75 Å². The normalized spacial score (nSPS) is 10.0. The third-order valence-corrected chi connectivity index (χ3v) is 3.06. The molecule has 0 aromatic heterocycles. The van der Waals surface area contributed by atoms with Crippen molar-refractivity contribution in [2.24, 2.45) is 0 Å². The number of methoxy groups -OCH3 is 1. The van der Waals surface area contributed by atoms with E-state index in [1.54, 1.807) is 43.3 Å². The number of anilines is 2. The van der Waals surface area contributed by atoms with Crippen molar-refractivity contribution >= 4 is 17.4 Å². The molecule has 5 heteroatoms. The molecule has 2 aromatic rings. The fourth-order valence-electron chi connectivity index (χ4n) is 1.91. The van der Waals surface area contributed by atoms with E-state index < -0.39 is 0 Å². The highest BCUT2D eigenvalue weighted by atomic mass is 16.5. The summed E-state index contributed by atoms with van der Waals surface area (Å²) in [6, 6.07) is 14.5.